The molecular formula is C75H53NO2. The summed E-state index contributed by atoms with van der Waals surface area (Å²) in [6.45, 7) is 14.2. The van der Waals surface area contributed by atoms with Crippen LogP contribution in [-0.2, 0) is 16.2 Å². The molecule has 370 valence electrons. The summed E-state index contributed by atoms with van der Waals surface area (Å²) in [7, 11) is 0. The molecule has 2 aromatic heterocycles. The van der Waals surface area contributed by atoms with Crippen LogP contribution in [-0.4, -0.2) is 0 Å². The Morgan fingerprint density at radius 2 is 0.872 bits per heavy atom. The Kier molecular flexibility index (Phi) is 8.49. The molecule has 78 heavy (non-hydrogen) atoms. The van der Waals surface area contributed by atoms with Crippen LogP contribution < -0.4 is 4.90 Å². The van der Waals surface area contributed by atoms with Gasteiger partial charge in [-0.05, 0) is 157 Å². The number of benzene rings is 11. The van der Waals surface area contributed by atoms with Crippen molar-refractivity contribution in [3.63, 3.8) is 0 Å². The average molecular weight is 1000 g/mol. The minimum Gasteiger partial charge on any atom is -0.455 e. The normalized spacial score (nSPS) is 15.1. The number of aryl methyl sites for hydroxylation is 2. The molecule has 13 aromatic rings. The Bertz CT molecular complexity index is 4780. The number of fused-ring (bicyclic) bond motifs is 26. The average Bonchev–Trinajstić information content (AvgIpc) is 4.36. The molecule has 0 saturated carbocycles. The molecule has 2 heterocycles. The van der Waals surface area contributed by atoms with E-state index in [1.165, 1.54) is 111 Å². The zero-order chi connectivity index (χ0) is 52.1. The van der Waals surface area contributed by atoms with Crippen LogP contribution in [0.25, 0.3) is 99.5 Å². The van der Waals surface area contributed by atoms with E-state index in [0.29, 0.717) is 0 Å². The predicted octanol–water partition coefficient (Wildman–Crippen LogP) is 20.2. The highest BCUT2D eigenvalue weighted by molar-refractivity contribution is 6.22. The SMILES string of the molecule is Cc1ccc(N(c2ccc3c(c2)C(C)(C)c2c4c(c5oc6ccccc6c5c2-3)-c2ccccc2C4(C)C)c2ccc3c(c2)C2(c4ccccc4-c4ccccc42)c2cc(-c4ccccc4)c4oc5ccccc5c4c2-3)c(C)c1. The highest BCUT2D eigenvalue weighted by atomic mass is 16.3. The molecule has 0 amide bonds. The minimum absolute atomic E-state index is 0.248. The van der Waals surface area contributed by atoms with E-state index in [0.717, 1.165) is 61.3 Å². The second kappa shape index (κ2) is 15.1. The van der Waals surface area contributed by atoms with Gasteiger partial charge in [-0.3, -0.25) is 0 Å². The van der Waals surface area contributed by atoms with Crippen molar-refractivity contribution in [1.29, 1.82) is 0 Å². The van der Waals surface area contributed by atoms with E-state index in [2.05, 4.69) is 259 Å². The van der Waals surface area contributed by atoms with E-state index >= 15 is 0 Å². The van der Waals surface area contributed by atoms with Gasteiger partial charge in [0.2, 0.25) is 0 Å². The molecule has 0 saturated heterocycles. The first-order chi connectivity index (χ1) is 38.0. The molecule has 3 heteroatoms. The van der Waals surface area contributed by atoms with Crippen LogP contribution in [0.3, 0.4) is 0 Å². The summed E-state index contributed by atoms with van der Waals surface area (Å²) in [6, 6.07) is 79.5. The first-order valence-corrected chi connectivity index (χ1v) is 27.6. The van der Waals surface area contributed by atoms with Crippen LogP contribution in [0.4, 0.5) is 17.1 Å². The Labute approximate surface area is 453 Å². The van der Waals surface area contributed by atoms with Crippen LogP contribution in [0, 0.1) is 13.8 Å². The first kappa shape index (κ1) is 44.0. The number of hydrogen-bond donors (Lipinski definition) is 0. The maximum absolute atomic E-state index is 7.05. The van der Waals surface area contributed by atoms with Crippen molar-refractivity contribution in [1.82, 2.24) is 0 Å². The fourth-order valence-electron chi connectivity index (χ4n) is 15.6. The zero-order valence-electron chi connectivity index (χ0n) is 44.5. The van der Waals surface area contributed by atoms with Gasteiger partial charge in [0, 0.05) is 60.6 Å². The van der Waals surface area contributed by atoms with Gasteiger partial charge in [0.25, 0.3) is 0 Å². The maximum atomic E-state index is 7.05. The number of nitrogens with zero attached hydrogens (tertiary/aromatic N) is 1. The molecule has 3 nitrogen and oxygen atoms in total. The summed E-state index contributed by atoms with van der Waals surface area (Å²) < 4.78 is 14.1. The molecule has 0 aliphatic heterocycles. The fourth-order valence-corrected chi connectivity index (χ4v) is 15.6. The van der Waals surface area contributed by atoms with E-state index in [9.17, 15) is 0 Å². The van der Waals surface area contributed by atoms with Gasteiger partial charge in [0.05, 0.1) is 5.41 Å². The molecule has 17 rings (SSSR count). The fraction of sp³-hybridized carbons (Fsp3) is 0.120. The number of para-hydroxylation sites is 2. The lowest BCUT2D eigenvalue weighted by Crippen LogP contribution is -2.26. The van der Waals surface area contributed by atoms with Crippen molar-refractivity contribution >= 4 is 60.9 Å². The zero-order valence-corrected chi connectivity index (χ0v) is 44.5. The second-order valence-corrected chi connectivity index (χ2v) is 23.5. The van der Waals surface area contributed by atoms with Gasteiger partial charge in [-0.15, -0.1) is 0 Å². The third kappa shape index (κ3) is 5.34. The van der Waals surface area contributed by atoms with Gasteiger partial charge in [0.1, 0.15) is 22.3 Å². The Morgan fingerprint density at radius 3 is 1.54 bits per heavy atom. The van der Waals surface area contributed by atoms with Crippen LogP contribution >= 0.6 is 0 Å². The van der Waals surface area contributed by atoms with E-state index in [1.54, 1.807) is 0 Å². The monoisotopic (exact) mass is 999 g/mol. The van der Waals surface area contributed by atoms with Gasteiger partial charge >= 0.3 is 0 Å². The lowest BCUT2D eigenvalue weighted by atomic mass is 9.70. The van der Waals surface area contributed by atoms with E-state index in [4.69, 9.17) is 8.83 Å². The lowest BCUT2D eigenvalue weighted by Gasteiger charge is -2.33. The molecule has 0 N–H and O–H groups in total. The molecule has 4 aliphatic rings. The quantitative estimate of drug-likeness (QED) is 0.176. The van der Waals surface area contributed by atoms with Crippen LogP contribution in [0.5, 0.6) is 0 Å². The summed E-state index contributed by atoms with van der Waals surface area (Å²) in [5.74, 6) is 0. The Balaban J connectivity index is 0.949. The van der Waals surface area contributed by atoms with E-state index < -0.39 is 5.41 Å². The minimum atomic E-state index is -0.636. The number of furan rings is 2. The largest absolute Gasteiger partial charge is 0.455 e. The van der Waals surface area contributed by atoms with Gasteiger partial charge in [-0.2, -0.15) is 0 Å². The second-order valence-electron chi connectivity index (χ2n) is 23.5. The highest BCUT2D eigenvalue weighted by Crippen LogP contribution is 2.67. The van der Waals surface area contributed by atoms with Gasteiger partial charge in [-0.1, -0.05) is 197 Å². The molecule has 0 atom stereocenters. The van der Waals surface area contributed by atoms with E-state index in [-0.39, 0.29) is 10.8 Å². The summed E-state index contributed by atoms with van der Waals surface area (Å²) in [5.41, 5.74) is 31.4. The summed E-state index contributed by atoms with van der Waals surface area (Å²) >= 11 is 0. The summed E-state index contributed by atoms with van der Waals surface area (Å²) in [4.78, 5) is 2.54. The topological polar surface area (TPSA) is 29.5 Å². The maximum Gasteiger partial charge on any atom is 0.144 e. The van der Waals surface area contributed by atoms with Crippen LogP contribution in [0.15, 0.2) is 221 Å². The molecule has 4 aliphatic carbocycles. The molecule has 0 fully saturated rings. The third-order valence-corrected chi connectivity index (χ3v) is 18.8. The molecule has 0 bridgehead atoms. The third-order valence-electron chi connectivity index (χ3n) is 18.8. The number of anilines is 3. The molecule has 0 unspecified atom stereocenters. The first-order valence-electron chi connectivity index (χ1n) is 27.6. The number of rotatable bonds is 4. The van der Waals surface area contributed by atoms with Gasteiger partial charge < -0.3 is 13.7 Å². The van der Waals surface area contributed by atoms with Crippen molar-refractivity contribution in [2.75, 3.05) is 4.90 Å². The smallest absolute Gasteiger partial charge is 0.144 e. The molecule has 0 radical (unpaired) electrons. The number of hydrogen-bond acceptors (Lipinski definition) is 3. The van der Waals surface area contributed by atoms with Crippen molar-refractivity contribution in [3.05, 3.63) is 268 Å². The van der Waals surface area contributed by atoms with Crippen molar-refractivity contribution in [2.24, 2.45) is 0 Å². The lowest BCUT2D eigenvalue weighted by molar-refractivity contribution is 0.600. The summed E-state index contributed by atoms with van der Waals surface area (Å²) in [6.07, 6.45) is 0. The summed E-state index contributed by atoms with van der Waals surface area (Å²) in [5, 5.41) is 4.68. The molecule has 1 spiro atoms. The standard InChI is InChI=1S/C75H53NO2/c1-42-32-37-61(43(2)38-42)76(45-33-35-50-58(39-45)74(5,6)69-65(50)67-53-26-14-19-31-63(53)78-72(67)68-49-24-12-15-27-55(49)73(3,4)70(68)69)46-34-36-51-59(40-46)75(56-28-16-10-22-47(56)48-23-11-17-29-57(48)75)60-41-54(44-20-8-7-9-21-44)71-66(64(51)60)52-25-13-18-30-62(52)77-71/h7-41H,1-6H3. The van der Waals surface area contributed by atoms with Gasteiger partial charge in [0.15, 0.2) is 0 Å². The van der Waals surface area contributed by atoms with E-state index in [1.807, 2.05) is 0 Å². The molecular weight excluding hydrogens is 947 g/mol. The van der Waals surface area contributed by atoms with Crippen molar-refractivity contribution in [2.45, 2.75) is 57.8 Å². The Hall–Kier alpha value is -9.18. The predicted molar refractivity (Wildman–Crippen MR) is 322 cm³/mol. The van der Waals surface area contributed by atoms with Gasteiger partial charge in [-0.25, -0.2) is 0 Å². The van der Waals surface area contributed by atoms with Crippen molar-refractivity contribution in [3.8, 4) is 55.6 Å². The van der Waals surface area contributed by atoms with Crippen LogP contribution in [0.2, 0.25) is 0 Å². The van der Waals surface area contributed by atoms with Crippen molar-refractivity contribution < 1.29 is 8.83 Å². The van der Waals surface area contributed by atoms with Crippen LogP contribution in [0.1, 0.15) is 83.3 Å². The molecule has 11 aromatic carbocycles. The Morgan fingerprint density at radius 1 is 0.359 bits per heavy atom. The highest BCUT2D eigenvalue weighted by Gasteiger charge is 2.54.